The van der Waals surface area contributed by atoms with Crippen molar-refractivity contribution in [3.63, 3.8) is 0 Å². The Morgan fingerprint density at radius 1 is 1.32 bits per heavy atom. The van der Waals surface area contributed by atoms with Gasteiger partial charge in [0.2, 0.25) is 15.9 Å². The van der Waals surface area contributed by atoms with Crippen LogP contribution in [0.3, 0.4) is 0 Å². The molecule has 4 rings (SSSR count). The van der Waals surface area contributed by atoms with Crippen molar-refractivity contribution in [3.8, 4) is 0 Å². The molecule has 0 radical (unpaired) electrons. The minimum Gasteiger partial charge on any atom is -0.483 e. The van der Waals surface area contributed by atoms with E-state index in [9.17, 15) is 17.6 Å². The van der Waals surface area contributed by atoms with Crippen LogP contribution in [0.4, 0.5) is 4.39 Å². The van der Waals surface area contributed by atoms with Gasteiger partial charge in [-0.25, -0.2) is 8.42 Å². The number of benzene rings is 1. The number of carboxylic acid groups (broad SMARTS) is 1. The van der Waals surface area contributed by atoms with Gasteiger partial charge in [0.25, 0.3) is 6.47 Å². The molecular weight excluding hydrogens is 391 g/mol. The molecule has 0 unspecified atom stereocenters. The average molecular weight is 414 g/mol. The highest BCUT2D eigenvalue weighted by Gasteiger charge is 2.65. The number of carbonyl (C=O) groups is 2. The lowest BCUT2D eigenvalue weighted by atomic mass is 9.99. The molecule has 3 aliphatic rings. The van der Waals surface area contributed by atoms with E-state index in [0.717, 1.165) is 5.56 Å². The van der Waals surface area contributed by atoms with Crippen LogP contribution in [0, 0.1) is 0 Å². The molecule has 28 heavy (non-hydrogen) atoms. The van der Waals surface area contributed by atoms with Crippen molar-refractivity contribution in [3.05, 3.63) is 35.9 Å². The Bertz CT molecular complexity index is 821. The van der Waals surface area contributed by atoms with Crippen molar-refractivity contribution >= 4 is 22.4 Å². The van der Waals surface area contributed by atoms with Gasteiger partial charge in [-0.3, -0.25) is 14.0 Å². The molecule has 1 aromatic rings. The van der Waals surface area contributed by atoms with Gasteiger partial charge in [0.05, 0.1) is 25.7 Å². The number of likely N-dealkylation sites (tertiary alicyclic amines) is 1. The van der Waals surface area contributed by atoms with Crippen molar-refractivity contribution < 1.29 is 32.2 Å². The molecule has 1 N–H and O–H groups in total. The van der Waals surface area contributed by atoms with Gasteiger partial charge in [0.15, 0.2) is 0 Å². The molecule has 0 aliphatic carbocycles. The van der Waals surface area contributed by atoms with Crippen LogP contribution in [0.5, 0.6) is 0 Å². The van der Waals surface area contributed by atoms with E-state index in [1.165, 1.54) is 4.31 Å². The molecule has 3 atom stereocenters. The molecule has 3 heterocycles. The van der Waals surface area contributed by atoms with Gasteiger partial charge in [-0.1, -0.05) is 30.3 Å². The number of halogens is 1. The molecule has 1 spiro atoms. The Hall–Kier alpha value is -2.04. The van der Waals surface area contributed by atoms with Crippen LogP contribution in [0.2, 0.25) is 0 Å². The van der Waals surface area contributed by atoms with E-state index in [1.807, 2.05) is 30.3 Å². The topological polar surface area (TPSA) is 104 Å². The van der Waals surface area contributed by atoms with Gasteiger partial charge in [0.1, 0.15) is 10.9 Å². The van der Waals surface area contributed by atoms with Crippen LogP contribution in [-0.4, -0.2) is 78.4 Å². The van der Waals surface area contributed by atoms with Crippen molar-refractivity contribution in [1.29, 1.82) is 0 Å². The van der Waals surface area contributed by atoms with Gasteiger partial charge in [-0.05, 0) is 12.0 Å². The van der Waals surface area contributed by atoms with Crippen LogP contribution in [0.15, 0.2) is 30.3 Å². The lowest BCUT2D eigenvalue weighted by molar-refractivity contribution is -0.151. The van der Waals surface area contributed by atoms with Gasteiger partial charge >= 0.3 is 0 Å². The lowest BCUT2D eigenvalue weighted by Gasteiger charge is -2.39. The molecule has 3 saturated heterocycles. The normalized spacial score (nSPS) is 30.2. The molecular formula is C18H23FN2O6S. The minimum atomic E-state index is -3.49. The molecule has 0 aromatic heterocycles. The standard InChI is InChI=1S/C17H21FN2O4S.CH2O2/c18-7-6-16(21)19-10-14-8-15-17(11-19,24-14)12-20(25(15,22)23)9-13-4-2-1-3-5-13;2-1-3/h1-5,14-15H,6-12H2;1H,(H,2,3)/t14-,15+,17+;/m1./s1. The summed E-state index contributed by atoms with van der Waals surface area (Å²) in [5.74, 6) is -0.269. The first-order valence-corrected chi connectivity index (χ1v) is 10.5. The first-order valence-electron chi connectivity index (χ1n) is 8.98. The zero-order valence-electron chi connectivity index (χ0n) is 15.2. The largest absolute Gasteiger partial charge is 0.483 e. The third-order valence-corrected chi connectivity index (χ3v) is 7.69. The SMILES string of the molecule is O=C(CCF)N1C[C@H]2C[C@H]3[C@](C1)(CN(Cc1ccccc1)S3(=O)=O)O2.O=CO. The van der Waals surface area contributed by atoms with E-state index >= 15 is 0 Å². The Morgan fingerprint density at radius 2 is 2.00 bits per heavy atom. The summed E-state index contributed by atoms with van der Waals surface area (Å²) >= 11 is 0. The summed E-state index contributed by atoms with van der Waals surface area (Å²) in [6.45, 7) is 0.164. The molecule has 3 aliphatic heterocycles. The Kier molecular flexibility index (Phi) is 6.01. The number of rotatable bonds is 4. The summed E-state index contributed by atoms with van der Waals surface area (Å²) in [7, 11) is -3.49. The average Bonchev–Trinajstić information content (AvgIpc) is 3.02. The highest BCUT2D eigenvalue weighted by Crippen LogP contribution is 2.47. The fourth-order valence-corrected chi connectivity index (χ4v) is 6.60. The summed E-state index contributed by atoms with van der Waals surface area (Å²) in [4.78, 5) is 22.0. The predicted octanol–water partition coefficient (Wildman–Crippen LogP) is 0.631. The fourth-order valence-electron chi connectivity index (χ4n) is 4.31. The van der Waals surface area contributed by atoms with Crippen LogP contribution >= 0.6 is 0 Å². The Labute approximate surface area is 162 Å². The number of alkyl halides is 1. The molecule has 2 bridgehead atoms. The molecule has 1 amide bonds. The maximum absolute atomic E-state index is 13.0. The van der Waals surface area contributed by atoms with E-state index in [2.05, 4.69) is 0 Å². The first kappa shape index (κ1) is 20.7. The van der Waals surface area contributed by atoms with E-state index in [1.54, 1.807) is 4.90 Å². The van der Waals surface area contributed by atoms with E-state index in [0.29, 0.717) is 19.5 Å². The first-order chi connectivity index (χ1) is 13.4. The van der Waals surface area contributed by atoms with Crippen LogP contribution in [-0.2, 0) is 30.9 Å². The molecule has 3 fully saturated rings. The molecule has 154 valence electrons. The number of morpholine rings is 1. The van der Waals surface area contributed by atoms with Crippen molar-refractivity contribution in [2.75, 3.05) is 26.3 Å². The summed E-state index contributed by atoms with van der Waals surface area (Å²) in [5, 5.41) is 6.26. The van der Waals surface area contributed by atoms with E-state index in [-0.39, 0.29) is 38.0 Å². The highest BCUT2D eigenvalue weighted by atomic mass is 32.2. The fraction of sp³-hybridized carbons (Fsp3) is 0.556. The number of sulfonamides is 1. The summed E-state index contributed by atoms with van der Waals surface area (Å²) in [6, 6.07) is 9.42. The molecule has 1 aromatic carbocycles. The second kappa shape index (κ2) is 8.14. The smallest absolute Gasteiger partial charge is 0.290 e. The van der Waals surface area contributed by atoms with Gasteiger partial charge in [0, 0.05) is 19.6 Å². The number of carbonyl (C=O) groups excluding carboxylic acids is 1. The van der Waals surface area contributed by atoms with Gasteiger partial charge in [-0.15, -0.1) is 0 Å². The zero-order chi connectivity index (χ0) is 20.4. The summed E-state index contributed by atoms with van der Waals surface area (Å²) in [5.41, 5.74) is 0.0304. The van der Waals surface area contributed by atoms with Crippen LogP contribution in [0.25, 0.3) is 0 Å². The highest BCUT2D eigenvalue weighted by molar-refractivity contribution is 7.90. The quantitative estimate of drug-likeness (QED) is 0.725. The monoisotopic (exact) mass is 414 g/mol. The summed E-state index contributed by atoms with van der Waals surface area (Å²) < 4.78 is 46.0. The molecule has 8 nitrogen and oxygen atoms in total. The van der Waals surface area contributed by atoms with Gasteiger partial charge in [-0.2, -0.15) is 4.31 Å². The molecule has 10 heteroatoms. The third-order valence-electron chi connectivity index (χ3n) is 5.37. The number of amides is 1. The minimum absolute atomic E-state index is 0.159. The number of fused-ring (bicyclic) bond motifs is 1. The van der Waals surface area contributed by atoms with Gasteiger partial charge < -0.3 is 14.7 Å². The summed E-state index contributed by atoms with van der Waals surface area (Å²) in [6.07, 6.45) is -0.0444. The van der Waals surface area contributed by atoms with E-state index in [4.69, 9.17) is 14.6 Å². The maximum atomic E-state index is 13.0. The molecule has 0 saturated carbocycles. The van der Waals surface area contributed by atoms with Crippen molar-refractivity contribution in [1.82, 2.24) is 9.21 Å². The second-order valence-electron chi connectivity index (χ2n) is 7.15. The maximum Gasteiger partial charge on any atom is 0.290 e. The van der Waals surface area contributed by atoms with E-state index < -0.39 is 27.5 Å². The van der Waals surface area contributed by atoms with Crippen molar-refractivity contribution in [2.45, 2.75) is 36.3 Å². The number of hydrogen-bond donors (Lipinski definition) is 1. The lowest BCUT2D eigenvalue weighted by Crippen LogP contribution is -2.56. The van der Waals surface area contributed by atoms with Crippen LogP contribution < -0.4 is 0 Å². The number of hydrogen-bond acceptors (Lipinski definition) is 5. The third kappa shape index (κ3) is 3.76. The number of nitrogens with zero attached hydrogens (tertiary/aromatic N) is 2. The zero-order valence-corrected chi connectivity index (χ0v) is 16.1. The predicted molar refractivity (Wildman–Crippen MR) is 97.6 cm³/mol. The Morgan fingerprint density at radius 3 is 2.64 bits per heavy atom. The second-order valence-corrected chi connectivity index (χ2v) is 9.26. The van der Waals surface area contributed by atoms with Crippen molar-refractivity contribution in [2.24, 2.45) is 0 Å². The van der Waals surface area contributed by atoms with Crippen LogP contribution in [0.1, 0.15) is 18.4 Å². The number of ether oxygens (including phenoxy) is 1. The Balaban J connectivity index is 0.000000706.